The van der Waals surface area contributed by atoms with Crippen LogP contribution in [-0.4, -0.2) is 50.8 Å². The molecule has 2 aromatic heterocycles. The lowest BCUT2D eigenvalue weighted by atomic mass is 10.1. The van der Waals surface area contributed by atoms with Crippen molar-refractivity contribution < 1.29 is 9.26 Å². The summed E-state index contributed by atoms with van der Waals surface area (Å²) in [5, 5.41) is 4.07. The van der Waals surface area contributed by atoms with Gasteiger partial charge >= 0.3 is 0 Å². The van der Waals surface area contributed by atoms with Gasteiger partial charge in [-0.1, -0.05) is 5.16 Å². The number of rotatable bonds is 3. The fraction of sp³-hybridized carbons (Fsp3) is 0.600. The van der Waals surface area contributed by atoms with Crippen LogP contribution in [0.4, 0.5) is 5.82 Å². The van der Waals surface area contributed by atoms with Gasteiger partial charge in [0, 0.05) is 25.5 Å². The molecule has 8 nitrogen and oxygen atoms in total. The first-order valence-electron chi connectivity index (χ1n) is 8.06. The zero-order valence-corrected chi connectivity index (χ0v) is 12.9. The molecule has 122 valence electrons. The Balaban J connectivity index is 1.57. The molecule has 0 aromatic carbocycles. The first kappa shape index (κ1) is 14.5. The van der Waals surface area contributed by atoms with Gasteiger partial charge in [-0.25, -0.2) is 9.97 Å². The van der Waals surface area contributed by atoms with Crippen LogP contribution >= 0.6 is 0 Å². The Morgan fingerprint density at radius 1 is 1.22 bits per heavy atom. The van der Waals surface area contributed by atoms with E-state index in [1.807, 2.05) is 0 Å². The number of ether oxygens (including phenoxy) is 1. The molecule has 0 unspecified atom stereocenters. The minimum absolute atomic E-state index is 0.185. The molecule has 0 bridgehead atoms. The Morgan fingerprint density at radius 3 is 2.91 bits per heavy atom. The number of hydrogen-bond acceptors (Lipinski definition) is 8. The molecule has 23 heavy (non-hydrogen) atoms. The second-order valence-electron chi connectivity index (χ2n) is 6.02. The van der Waals surface area contributed by atoms with Crippen LogP contribution in [0.15, 0.2) is 17.0 Å². The molecule has 2 N–H and O–H groups in total. The summed E-state index contributed by atoms with van der Waals surface area (Å²) in [7, 11) is 0. The Bertz CT molecular complexity index is 669. The lowest BCUT2D eigenvalue weighted by Crippen LogP contribution is -2.39. The maximum atomic E-state index is 5.86. The molecule has 2 aliphatic heterocycles. The average molecular weight is 316 g/mol. The summed E-state index contributed by atoms with van der Waals surface area (Å²) in [6.45, 7) is 2.74. The van der Waals surface area contributed by atoms with Gasteiger partial charge in [0.1, 0.15) is 12.1 Å². The summed E-state index contributed by atoms with van der Waals surface area (Å²) in [5.41, 5.74) is 6.47. The quantitative estimate of drug-likeness (QED) is 0.907. The largest absolute Gasteiger partial charge is 0.383 e. The summed E-state index contributed by atoms with van der Waals surface area (Å²) < 4.78 is 11.0. The minimum atomic E-state index is 0.185. The van der Waals surface area contributed by atoms with E-state index in [4.69, 9.17) is 15.0 Å². The summed E-state index contributed by atoms with van der Waals surface area (Å²) in [6, 6.07) is 0.724. The van der Waals surface area contributed by atoms with Crippen LogP contribution in [0.1, 0.15) is 37.6 Å². The predicted molar refractivity (Wildman–Crippen MR) is 82.3 cm³/mol. The van der Waals surface area contributed by atoms with E-state index in [9.17, 15) is 0 Å². The van der Waals surface area contributed by atoms with E-state index >= 15 is 0 Å². The lowest BCUT2D eigenvalue weighted by Gasteiger charge is -2.33. The topological polar surface area (TPSA) is 103 Å². The second kappa shape index (κ2) is 6.21. The number of likely N-dealkylation sites (tertiary alicyclic amines) is 1. The van der Waals surface area contributed by atoms with Crippen molar-refractivity contribution in [2.75, 3.05) is 25.5 Å². The van der Waals surface area contributed by atoms with Crippen molar-refractivity contribution in [3.05, 3.63) is 18.4 Å². The maximum absolute atomic E-state index is 5.86. The van der Waals surface area contributed by atoms with Gasteiger partial charge in [-0.15, -0.1) is 0 Å². The normalized spacial score (nSPS) is 23.4. The monoisotopic (exact) mass is 316 g/mol. The van der Waals surface area contributed by atoms with Crippen LogP contribution in [0.5, 0.6) is 0 Å². The van der Waals surface area contributed by atoms with E-state index < -0.39 is 0 Å². The smallest absolute Gasteiger partial charge is 0.244 e. The van der Waals surface area contributed by atoms with Crippen LogP contribution in [0.3, 0.4) is 0 Å². The molecule has 4 rings (SSSR count). The van der Waals surface area contributed by atoms with Crippen molar-refractivity contribution >= 4 is 5.82 Å². The van der Waals surface area contributed by atoms with E-state index in [1.165, 1.54) is 6.33 Å². The summed E-state index contributed by atoms with van der Waals surface area (Å²) in [6.07, 6.45) is 7.34. The van der Waals surface area contributed by atoms with Crippen molar-refractivity contribution in [3.63, 3.8) is 0 Å². The highest BCUT2D eigenvalue weighted by Gasteiger charge is 2.36. The van der Waals surface area contributed by atoms with Crippen LogP contribution in [0, 0.1) is 0 Å². The lowest BCUT2D eigenvalue weighted by molar-refractivity contribution is 0.0243. The number of anilines is 1. The SMILES string of the molecule is Nc1ncncc1-c1noc([C@H]2CCCN2C2CCOCC2)n1. The van der Waals surface area contributed by atoms with Crippen LogP contribution in [0.25, 0.3) is 11.4 Å². The van der Waals surface area contributed by atoms with E-state index in [0.717, 1.165) is 45.4 Å². The summed E-state index contributed by atoms with van der Waals surface area (Å²) in [5.74, 6) is 1.48. The molecule has 0 spiro atoms. The van der Waals surface area contributed by atoms with Gasteiger partial charge in [-0.3, -0.25) is 4.90 Å². The summed E-state index contributed by atoms with van der Waals surface area (Å²) in [4.78, 5) is 15.0. The van der Waals surface area contributed by atoms with Crippen molar-refractivity contribution in [3.8, 4) is 11.4 Å². The average Bonchev–Trinajstić information content (AvgIpc) is 3.25. The standard InChI is InChI=1S/C15H20N6O2/c16-13-11(8-17-9-18-13)14-19-15(23-20-14)12-2-1-5-21(12)10-3-6-22-7-4-10/h8-10,12H,1-7H2,(H2,16,17,18)/t12-/m1/s1. The first-order chi connectivity index (χ1) is 11.3. The van der Waals surface area contributed by atoms with Gasteiger partial charge in [-0.2, -0.15) is 4.98 Å². The second-order valence-corrected chi connectivity index (χ2v) is 6.02. The first-order valence-corrected chi connectivity index (χ1v) is 8.06. The molecule has 0 saturated carbocycles. The highest BCUT2D eigenvalue weighted by Crippen LogP contribution is 2.36. The van der Waals surface area contributed by atoms with E-state index in [0.29, 0.717) is 29.1 Å². The highest BCUT2D eigenvalue weighted by atomic mass is 16.5. The molecule has 0 aliphatic carbocycles. The third-order valence-electron chi connectivity index (χ3n) is 4.66. The fourth-order valence-electron chi connectivity index (χ4n) is 3.50. The number of aromatic nitrogens is 4. The molecule has 8 heteroatoms. The molecule has 0 amide bonds. The van der Waals surface area contributed by atoms with Gasteiger partial charge in [0.2, 0.25) is 11.7 Å². The summed E-state index contributed by atoms with van der Waals surface area (Å²) >= 11 is 0. The molecule has 2 aromatic rings. The molecular formula is C15H20N6O2. The Hall–Kier alpha value is -2.06. The third-order valence-corrected chi connectivity index (χ3v) is 4.66. The van der Waals surface area contributed by atoms with Crippen LogP contribution < -0.4 is 5.73 Å². The molecule has 2 saturated heterocycles. The predicted octanol–water partition coefficient (Wildman–Crippen LogP) is 1.42. The molecule has 4 heterocycles. The van der Waals surface area contributed by atoms with E-state index in [-0.39, 0.29) is 6.04 Å². The van der Waals surface area contributed by atoms with E-state index in [1.54, 1.807) is 6.20 Å². The highest BCUT2D eigenvalue weighted by molar-refractivity contribution is 5.66. The van der Waals surface area contributed by atoms with Crippen molar-refractivity contribution in [2.24, 2.45) is 0 Å². The molecule has 1 atom stereocenters. The zero-order chi connectivity index (χ0) is 15.6. The van der Waals surface area contributed by atoms with Crippen molar-refractivity contribution in [1.29, 1.82) is 0 Å². The van der Waals surface area contributed by atoms with Crippen LogP contribution in [0.2, 0.25) is 0 Å². The minimum Gasteiger partial charge on any atom is -0.383 e. The Morgan fingerprint density at radius 2 is 2.09 bits per heavy atom. The Labute approximate surface area is 134 Å². The van der Waals surface area contributed by atoms with Crippen LogP contribution in [-0.2, 0) is 4.74 Å². The zero-order valence-electron chi connectivity index (χ0n) is 12.9. The number of nitrogens with zero attached hydrogens (tertiary/aromatic N) is 5. The van der Waals surface area contributed by atoms with Crippen molar-refractivity contribution in [2.45, 2.75) is 37.8 Å². The van der Waals surface area contributed by atoms with Gasteiger partial charge in [0.05, 0.1) is 11.6 Å². The fourth-order valence-corrected chi connectivity index (χ4v) is 3.50. The molecule has 0 radical (unpaired) electrons. The number of nitrogen functional groups attached to an aromatic ring is 1. The van der Waals surface area contributed by atoms with E-state index in [2.05, 4.69) is 25.0 Å². The number of nitrogens with two attached hydrogens (primary N) is 1. The maximum Gasteiger partial charge on any atom is 0.244 e. The molecule has 2 fully saturated rings. The Kier molecular flexibility index (Phi) is 3.92. The number of hydrogen-bond donors (Lipinski definition) is 1. The molecular weight excluding hydrogens is 296 g/mol. The van der Waals surface area contributed by atoms with Crippen molar-refractivity contribution in [1.82, 2.24) is 25.0 Å². The third kappa shape index (κ3) is 2.79. The van der Waals surface area contributed by atoms with Gasteiger partial charge in [-0.05, 0) is 32.2 Å². The van der Waals surface area contributed by atoms with Gasteiger partial charge in [0.15, 0.2) is 0 Å². The molecule has 2 aliphatic rings. The van der Waals surface area contributed by atoms with Gasteiger partial charge in [0.25, 0.3) is 0 Å². The van der Waals surface area contributed by atoms with Gasteiger partial charge < -0.3 is 15.0 Å².